The van der Waals surface area contributed by atoms with Crippen LogP contribution in [0, 0.1) is 5.92 Å². The van der Waals surface area contributed by atoms with E-state index in [4.69, 9.17) is 4.74 Å². The normalized spacial score (nSPS) is 17.0. The zero-order valence-corrected chi connectivity index (χ0v) is 16.3. The molecule has 26 heavy (non-hydrogen) atoms. The van der Waals surface area contributed by atoms with Crippen LogP contribution in [0.2, 0.25) is 0 Å². The summed E-state index contributed by atoms with van der Waals surface area (Å²) < 4.78 is 8.03. The van der Waals surface area contributed by atoms with E-state index in [1.54, 1.807) is 0 Å². The van der Waals surface area contributed by atoms with E-state index in [0.29, 0.717) is 18.2 Å². The highest BCUT2D eigenvalue weighted by molar-refractivity contribution is 7.99. The fourth-order valence-corrected chi connectivity index (χ4v) is 3.80. The molecule has 0 bridgehead atoms. The van der Waals surface area contributed by atoms with Gasteiger partial charge in [-0.3, -0.25) is 4.79 Å². The highest BCUT2D eigenvalue weighted by Gasteiger charge is 2.21. The number of ether oxygens (including phenoxy) is 1. The molecule has 5 nitrogen and oxygen atoms in total. The lowest BCUT2D eigenvalue weighted by molar-refractivity contribution is -0.118. The van der Waals surface area contributed by atoms with E-state index >= 15 is 0 Å². The number of aromatic nitrogens is 2. The van der Waals surface area contributed by atoms with Crippen LogP contribution in [0.4, 0.5) is 0 Å². The fraction of sp³-hybridized carbons (Fsp3) is 0.500. The minimum Gasteiger partial charge on any atom is -0.376 e. The third kappa shape index (κ3) is 5.11. The topological polar surface area (TPSA) is 56.2 Å². The summed E-state index contributed by atoms with van der Waals surface area (Å²) in [6.07, 6.45) is 4.31. The minimum absolute atomic E-state index is 0.0524. The predicted molar refractivity (Wildman–Crippen MR) is 105 cm³/mol. The van der Waals surface area contributed by atoms with E-state index in [9.17, 15) is 4.79 Å². The number of imidazole rings is 1. The molecule has 140 valence electrons. The average Bonchev–Trinajstić information content (AvgIpc) is 3.29. The number of carbonyl (C=O) groups is 1. The van der Waals surface area contributed by atoms with Crippen molar-refractivity contribution < 1.29 is 9.53 Å². The summed E-state index contributed by atoms with van der Waals surface area (Å²) in [7, 11) is 0. The maximum Gasteiger partial charge on any atom is 0.230 e. The van der Waals surface area contributed by atoms with Crippen LogP contribution in [0.1, 0.15) is 26.7 Å². The Hall–Kier alpha value is -1.79. The van der Waals surface area contributed by atoms with E-state index in [2.05, 4.69) is 40.8 Å². The van der Waals surface area contributed by atoms with Crippen molar-refractivity contribution in [2.75, 3.05) is 18.9 Å². The second kappa shape index (κ2) is 9.24. The molecule has 2 aromatic rings. The lowest BCUT2D eigenvalue weighted by Crippen LogP contribution is -2.29. The quantitative estimate of drug-likeness (QED) is 0.719. The molecule has 1 unspecified atom stereocenters. The van der Waals surface area contributed by atoms with E-state index in [0.717, 1.165) is 42.4 Å². The molecular weight excluding hydrogens is 346 g/mol. The van der Waals surface area contributed by atoms with Gasteiger partial charge in [0.1, 0.15) is 0 Å². The van der Waals surface area contributed by atoms with Gasteiger partial charge < -0.3 is 14.6 Å². The Kier molecular flexibility index (Phi) is 6.74. The van der Waals surface area contributed by atoms with Crippen LogP contribution in [0.5, 0.6) is 0 Å². The molecule has 2 heterocycles. The molecule has 3 rings (SSSR count). The van der Waals surface area contributed by atoms with Crippen LogP contribution in [-0.4, -0.2) is 40.5 Å². The fourth-order valence-electron chi connectivity index (χ4n) is 2.98. The number of carbonyl (C=O) groups excluding carboxylic acids is 1. The zero-order valence-electron chi connectivity index (χ0n) is 15.5. The summed E-state index contributed by atoms with van der Waals surface area (Å²) in [6.45, 7) is 6.50. The van der Waals surface area contributed by atoms with E-state index in [1.165, 1.54) is 11.8 Å². The minimum atomic E-state index is 0.0524. The van der Waals surface area contributed by atoms with Crippen molar-refractivity contribution in [3.63, 3.8) is 0 Å². The Balaban J connectivity index is 1.73. The molecule has 1 fully saturated rings. The Morgan fingerprint density at radius 2 is 2.19 bits per heavy atom. The largest absolute Gasteiger partial charge is 0.376 e. The molecule has 0 spiro atoms. The van der Waals surface area contributed by atoms with Gasteiger partial charge in [0.25, 0.3) is 0 Å². The lowest BCUT2D eigenvalue weighted by Gasteiger charge is -2.16. The smallest absolute Gasteiger partial charge is 0.230 e. The van der Waals surface area contributed by atoms with Crippen LogP contribution in [0.25, 0.3) is 11.3 Å². The number of amides is 1. The first-order valence-corrected chi connectivity index (χ1v) is 10.2. The number of hydrogen-bond acceptors (Lipinski definition) is 4. The van der Waals surface area contributed by atoms with Crippen molar-refractivity contribution in [3.8, 4) is 11.3 Å². The van der Waals surface area contributed by atoms with Crippen LogP contribution in [0.3, 0.4) is 0 Å². The molecule has 1 atom stereocenters. The molecule has 1 saturated heterocycles. The van der Waals surface area contributed by atoms with Gasteiger partial charge in [-0.25, -0.2) is 4.98 Å². The predicted octanol–water partition coefficient (Wildman–Crippen LogP) is 3.59. The molecule has 0 aliphatic carbocycles. The van der Waals surface area contributed by atoms with E-state index in [1.807, 2.05) is 24.4 Å². The summed E-state index contributed by atoms with van der Waals surface area (Å²) in [6, 6.07) is 10.3. The third-order valence-corrected chi connectivity index (χ3v) is 5.33. The summed E-state index contributed by atoms with van der Waals surface area (Å²) in [5.74, 6) is 0.885. The maximum absolute atomic E-state index is 12.1. The van der Waals surface area contributed by atoms with Crippen molar-refractivity contribution in [1.82, 2.24) is 14.9 Å². The molecule has 1 aliphatic rings. The van der Waals surface area contributed by atoms with Crippen LogP contribution in [-0.2, 0) is 16.1 Å². The van der Waals surface area contributed by atoms with E-state index < -0.39 is 0 Å². The SMILES string of the molecule is CC(C)CNC(=O)CSc1ncc(-c2ccccc2)n1CC1CCCO1. The van der Waals surface area contributed by atoms with Gasteiger partial charge in [0.15, 0.2) is 5.16 Å². The number of nitrogens with one attached hydrogen (secondary N) is 1. The number of benzene rings is 1. The van der Waals surface area contributed by atoms with E-state index in [-0.39, 0.29) is 12.0 Å². The van der Waals surface area contributed by atoms with Gasteiger partial charge in [-0.2, -0.15) is 0 Å². The standard InChI is InChI=1S/C20H27N3O2S/c1-15(2)11-21-19(24)14-26-20-22-12-18(16-7-4-3-5-8-16)23(20)13-17-9-6-10-25-17/h3-5,7-8,12,15,17H,6,9-11,13-14H2,1-2H3,(H,21,24). The monoisotopic (exact) mass is 373 g/mol. The highest BCUT2D eigenvalue weighted by Crippen LogP contribution is 2.28. The molecule has 1 amide bonds. The first kappa shape index (κ1) is 19.0. The number of thioether (sulfide) groups is 1. The maximum atomic E-state index is 12.1. The van der Waals surface area contributed by atoms with Crippen molar-refractivity contribution >= 4 is 17.7 Å². The van der Waals surface area contributed by atoms with Gasteiger partial charge in [-0.1, -0.05) is 55.9 Å². The van der Waals surface area contributed by atoms with Gasteiger partial charge in [-0.05, 0) is 24.3 Å². The van der Waals surface area contributed by atoms with Gasteiger partial charge in [0.05, 0.1) is 30.3 Å². The second-order valence-electron chi connectivity index (χ2n) is 7.02. The van der Waals surface area contributed by atoms with Gasteiger partial charge in [0, 0.05) is 13.2 Å². The summed E-state index contributed by atoms with van der Waals surface area (Å²) in [4.78, 5) is 16.7. The summed E-state index contributed by atoms with van der Waals surface area (Å²) in [5, 5.41) is 3.84. The molecule has 1 aliphatic heterocycles. The Morgan fingerprint density at radius 3 is 2.88 bits per heavy atom. The zero-order chi connectivity index (χ0) is 18.4. The van der Waals surface area contributed by atoms with Crippen LogP contribution < -0.4 is 5.32 Å². The molecule has 6 heteroatoms. The van der Waals surface area contributed by atoms with Crippen molar-refractivity contribution in [2.45, 2.75) is 44.5 Å². The Labute approximate surface area is 159 Å². The highest BCUT2D eigenvalue weighted by atomic mass is 32.2. The summed E-state index contributed by atoms with van der Waals surface area (Å²) >= 11 is 1.49. The van der Waals surface area contributed by atoms with Crippen LogP contribution >= 0.6 is 11.8 Å². The first-order valence-electron chi connectivity index (χ1n) is 9.25. The van der Waals surface area contributed by atoms with Gasteiger partial charge >= 0.3 is 0 Å². The molecule has 1 aromatic carbocycles. The molecule has 0 radical (unpaired) electrons. The van der Waals surface area contributed by atoms with Crippen molar-refractivity contribution in [2.24, 2.45) is 5.92 Å². The second-order valence-corrected chi connectivity index (χ2v) is 7.97. The average molecular weight is 374 g/mol. The van der Waals surface area contributed by atoms with Gasteiger partial charge in [0.2, 0.25) is 5.91 Å². The van der Waals surface area contributed by atoms with Crippen molar-refractivity contribution in [1.29, 1.82) is 0 Å². The number of hydrogen-bond donors (Lipinski definition) is 1. The Morgan fingerprint density at radius 1 is 1.38 bits per heavy atom. The Bertz CT molecular complexity index is 709. The first-order chi connectivity index (χ1) is 12.6. The summed E-state index contributed by atoms with van der Waals surface area (Å²) in [5.41, 5.74) is 2.21. The lowest BCUT2D eigenvalue weighted by atomic mass is 10.1. The third-order valence-electron chi connectivity index (χ3n) is 4.34. The number of nitrogens with zero attached hydrogens (tertiary/aromatic N) is 2. The van der Waals surface area contributed by atoms with Gasteiger partial charge in [-0.15, -0.1) is 0 Å². The molecule has 1 aromatic heterocycles. The molecule has 1 N–H and O–H groups in total. The van der Waals surface area contributed by atoms with Crippen LogP contribution in [0.15, 0.2) is 41.7 Å². The molecule has 0 saturated carbocycles. The molecular formula is C20H27N3O2S. The van der Waals surface area contributed by atoms with Crippen molar-refractivity contribution in [3.05, 3.63) is 36.5 Å². The number of rotatable bonds is 8.